The summed E-state index contributed by atoms with van der Waals surface area (Å²) in [4.78, 5) is 6.70. The molecule has 2 atom stereocenters. The van der Waals surface area contributed by atoms with Crippen LogP contribution in [-0.2, 0) is 6.54 Å². The van der Waals surface area contributed by atoms with E-state index in [2.05, 4.69) is 26.8 Å². The summed E-state index contributed by atoms with van der Waals surface area (Å²) in [7, 11) is 0. The Bertz CT molecular complexity index is 341. The second-order valence-electron chi connectivity index (χ2n) is 4.01. The molecule has 5 heteroatoms. The van der Waals surface area contributed by atoms with Gasteiger partial charge in [0.15, 0.2) is 5.82 Å². The van der Waals surface area contributed by atoms with Crippen LogP contribution in [0.15, 0.2) is 4.52 Å². The third kappa shape index (κ3) is 1.44. The highest BCUT2D eigenvalue weighted by Crippen LogP contribution is 2.37. The van der Waals surface area contributed by atoms with Gasteiger partial charge < -0.3 is 4.52 Å². The molecule has 3 heterocycles. The van der Waals surface area contributed by atoms with Crippen LogP contribution in [0, 0.1) is 6.92 Å². The normalized spacial score (nSPS) is 31.5. The molecule has 14 heavy (non-hydrogen) atoms. The first kappa shape index (κ1) is 8.73. The van der Waals surface area contributed by atoms with Crippen LogP contribution in [0.1, 0.15) is 18.1 Å². The highest BCUT2D eigenvalue weighted by atomic mass is 32.2. The molecule has 2 saturated heterocycles. The second-order valence-corrected chi connectivity index (χ2v) is 5.34. The van der Waals surface area contributed by atoms with Crippen LogP contribution in [0.3, 0.4) is 0 Å². The molecule has 0 aliphatic carbocycles. The fraction of sp³-hybridized carbons (Fsp3) is 0.778. The molecule has 0 saturated carbocycles. The molecular formula is C9H13N3OS. The van der Waals surface area contributed by atoms with Crippen molar-refractivity contribution in [3.05, 3.63) is 11.7 Å². The van der Waals surface area contributed by atoms with Crippen LogP contribution in [0.25, 0.3) is 0 Å². The van der Waals surface area contributed by atoms with E-state index in [9.17, 15) is 0 Å². The van der Waals surface area contributed by atoms with Gasteiger partial charge in [-0.3, -0.25) is 4.90 Å². The smallest absolute Gasteiger partial charge is 0.240 e. The van der Waals surface area contributed by atoms with Crippen LogP contribution < -0.4 is 0 Å². The maximum absolute atomic E-state index is 5.12. The minimum Gasteiger partial charge on any atom is -0.338 e. The summed E-state index contributed by atoms with van der Waals surface area (Å²) >= 11 is 2.10. The van der Waals surface area contributed by atoms with E-state index in [0.29, 0.717) is 0 Å². The van der Waals surface area contributed by atoms with Crippen LogP contribution >= 0.6 is 11.8 Å². The molecule has 0 spiro atoms. The fourth-order valence-corrected chi connectivity index (χ4v) is 3.75. The number of likely N-dealkylation sites (tertiary alicyclic amines) is 1. The van der Waals surface area contributed by atoms with Crippen molar-refractivity contribution in [2.45, 2.75) is 31.2 Å². The molecule has 1 aromatic heterocycles. The average molecular weight is 211 g/mol. The van der Waals surface area contributed by atoms with E-state index in [4.69, 9.17) is 4.52 Å². The Kier molecular flexibility index (Phi) is 2.02. The SMILES string of the molecule is Cc1noc(CN2C[C@H]3C[C@H]2CS3)n1. The van der Waals surface area contributed by atoms with Crippen LogP contribution in [0.5, 0.6) is 0 Å². The zero-order valence-corrected chi connectivity index (χ0v) is 8.96. The molecule has 2 aliphatic rings. The largest absolute Gasteiger partial charge is 0.338 e. The van der Waals surface area contributed by atoms with E-state index in [1.807, 2.05) is 6.92 Å². The molecular weight excluding hydrogens is 198 g/mol. The van der Waals surface area contributed by atoms with Crippen molar-refractivity contribution in [2.75, 3.05) is 12.3 Å². The number of aromatic nitrogens is 2. The Hall–Kier alpha value is -0.550. The molecule has 3 rings (SSSR count). The van der Waals surface area contributed by atoms with Crippen molar-refractivity contribution in [1.82, 2.24) is 15.0 Å². The minimum atomic E-state index is 0.735. The summed E-state index contributed by atoms with van der Waals surface area (Å²) in [6, 6.07) is 0.747. The van der Waals surface area contributed by atoms with Crippen LogP contribution in [-0.4, -0.2) is 38.6 Å². The zero-order chi connectivity index (χ0) is 9.54. The van der Waals surface area contributed by atoms with E-state index in [0.717, 1.165) is 29.6 Å². The van der Waals surface area contributed by atoms with E-state index in [1.165, 1.54) is 18.7 Å². The zero-order valence-electron chi connectivity index (χ0n) is 8.14. The molecule has 0 unspecified atom stereocenters. The Balaban J connectivity index is 1.68. The molecule has 2 fully saturated rings. The molecule has 0 aromatic carbocycles. The van der Waals surface area contributed by atoms with Crippen molar-refractivity contribution >= 4 is 11.8 Å². The van der Waals surface area contributed by atoms with Gasteiger partial charge in [-0.1, -0.05) is 5.16 Å². The molecule has 0 radical (unpaired) electrons. The quantitative estimate of drug-likeness (QED) is 0.732. The number of thioether (sulfide) groups is 1. The number of hydrogen-bond donors (Lipinski definition) is 0. The lowest BCUT2D eigenvalue weighted by atomic mass is 10.2. The Morgan fingerprint density at radius 3 is 3.14 bits per heavy atom. The van der Waals surface area contributed by atoms with Gasteiger partial charge >= 0.3 is 0 Å². The van der Waals surface area contributed by atoms with Gasteiger partial charge in [-0.15, -0.1) is 0 Å². The van der Waals surface area contributed by atoms with Crippen molar-refractivity contribution in [3.8, 4) is 0 Å². The number of rotatable bonds is 2. The van der Waals surface area contributed by atoms with Gasteiger partial charge in [-0.05, 0) is 13.3 Å². The third-order valence-electron chi connectivity index (χ3n) is 2.92. The van der Waals surface area contributed by atoms with Gasteiger partial charge in [0.25, 0.3) is 0 Å². The standard InChI is InChI=1S/C9H13N3OS/c1-6-10-9(13-11-6)4-12-3-8-2-7(12)5-14-8/h7-8H,2-5H2,1H3/t7-,8+/m0/s1. The number of fused-ring (bicyclic) bond motifs is 2. The van der Waals surface area contributed by atoms with Gasteiger partial charge in [0.1, 0.15) is 0 Å². The number of aryl methyl sites for hydroxylation is 1. The van der Waals surface area contributed by atoms with Gasteiger partial charge in [0, 0.05) is 23.6 Å². The summed E-state index contributed by atoms with van der Waals surface area (Å²) in [6.07, 6.45) is 1.35. The van der Waals surface area contributed by atoms with Gasteiger partial charge in [-0.2, -0.15) is 16.7 Å². The van der Waals surface area contributed by atoms with Crippen molar-refractivity contribution in [1.29, 1.82) is 0 Å². The summed E-state index contributed by atoms with van der Waals surface area (Å²) in [5.41, 5.74) is 0. The molecule has 0 N–H and O–H groups in total. The predicted octanol–water partition coefficient (Wildman–Crippen LogP) is 1.07. The number of nitrogens with zero attached hydrogens (tertiary/aromatic N) is 3. The minimum absolute atomic E-state index is 0.735. The van der Waals surface area contributed by atoms with Crippen LogP contribution in [0.2, 0.25) is 0 Å². The monoisotopic (exact) mass is 211 g/mol. The average Bonchev–Trinajstić information content (AvgIpc) is 2.82. The molecule has 2 bridgehead atoms. The molecule has 2 aliphatic heterocycles. The molecule has 0 amide bonds. The van der Waals surface area contributed by atoms with E-state index < -0.39 is 0 Å². The Labute approximate surface area is 87.0 Å². The first-order valence-electron chi connectivity index (χ1n) is 4.96. The second kappa shape index (κ2) is 3.24. The molecule has 1 aromatic rings. The molecule has 76 valence electrons. The third-order valence-corrected chi connectivity index (χ3v) is 4.31. The number of hydrogen-bond acceptors (Lipinski definition) is 5. The van der Waals surface area contributed by atoms with Gasteiger partial charge in [0.05, 0.1) is 6.54 Å². The van der Waals surface area contributed by atoms with Gasteiger partial charge in [-0.25, -0.2) is 0 Å². The maximum Gasteiger partial charge on any atom is 0.240 e. The van der Waals surface area contributed by atoms with Crippen molar-refractivity contribution in [2.24, 2.45) is 0 Å². The van der Waals surface area contributed by atoms with Crippen molar-refractivity contribution in [3.63, 3.8) is 0 Å². The topological polar surface area (TPSA) is 42.2 Å². The first-order chi connectivity index (χ1) is 6.81. The van der Waals surface area contributed by atoms with Crippen LogP contribution in [0.4, 0.5) is 0 Å². The highest BCUT2D eigenvalue weighted by molar-refractivity contribution is 8.00. The Morgan fingerprint density at radius 2 is 2.57 bits per heavy atom. The molecule has 4 nitrogen and oxygen atoms in total. The van der Waals surface area contributed by atoms with Crippen molar-refractivity contribution < 1.29 is 4.52 Å². The predicted molar refractivity (Wildman–Crippen MR) is 54.1 cm³/mol. The van der Waals surface area contributed by atoms with Gasteiger partial charge in [0.2, 0.25) is 5.89 Å². The summed E-state index contributed by atoms with van der Waals surface area (Å²) in [5, 5.41) is 4.65. The fourth-order valence-electron chi connectivity index (χ4n) is 2.25. The lowest BCUT2D eigenvalue weighted by Crippen LogP contribution is -2.33. The summed E-state index contributed by atoms with van der Waals surface area (Å²) in [5.74, 6) is 2.77. The van der Waals surface area contributed by atoms with E-state index >= 15 is 0 Å². The highest BCUT2D eigenvalue weighted by Gasteiger charge is 2.38. The maximum atomic E-state index is 5.12. The lowest BCUT2D eigenvalue weighted by Gasteiger charge is -2.24. The summed E-state index contributed by atoms with van der Waals surface area (Å²) < 4.78 is 5.12. The summed E-state index contributed by atoms with van der Waals surface area (Å²) in [6.45, 7) is 3.89. The van der Waals surface area contributed by atoms with E-state index in [-0.39, 0.29) is 0 Å². The lowest BCUT2D eigenvalue weighted by molar-refractivity contribution is 0.222. The first-order valence-corrected chi connectivity index (χ1v) is 6.01. The van der Waals surface area contributed by atoms with E-state index in [1.54, 1.807) is 0 Å². The Morgan fingerprint density at radius 1 is 1.64 bits per heavy atom.